The van der Waals surface area contributed by atoms with Crippen molar-refractivity contribution in [1.29, 1.82) is 0 Å². The molecule has 0 aliphatic carbocycles. The summed E-state index contributed by atoms with van der Waals surface area (Å²) < 4.78 is 10.0. The summed E-state index contributed by atoms with van der Waals surface area (Å²) in [6, 6.07) is 1.37. The van der Waals surface area contributed by atoms with Gasteiger partial charge in [-0.15, -0.1) is 0 Å². The van der Waals surface area contributed by atoms with Crippen LogP contribution in [0.2, 0.25) is 0 Å². The highest BCUT2D eigenvalue weighted by Gasteiger charge is 2.21. The highest BCUT2D eigenvalue weighted by molar-refractivity contribution is 5.47. The zero-order chi connectivity index (χ0) is 13.3. The first-order valence-electron chi connectivity index (χ1n) is 5.53. The van der Waals surface area contributed by atoms with Crippen molar-refractivity contribution in [3.05, 3.63) is 28.3 Å². The van der Waals surface area contributed by atoms with Crippen LogP contribution in [0.4, 0.5) is 0 Å². The molecule has 0 fully saturated rings. The molecule has 2 rings (SSSR count). The van der Waals surface area contributed by atoms with Gasteiger partial charge in [-0.1, -0.05) is 25.9 Å². The zero-order valence-electron chi connectivity index (χ0n) is 10.8. The fourth-order valence-electron chi connectivity index (χ4n) is 1.38. The van der Waals surface area contributed by atoms with Gasteiger partial charge in [0.15, 0.2) is 11.6 Å². The minimum atomic E-state index is -0.234. The van der Waals surface area contributed by atoms with Crippen LogP contribution in [-0.2, 0) is 5.41 Å². The molecular weight excluding hydrogens is 234 g/mol. The lowest BCUT2D eigenvalue weighted by Crippen LogP contribution is -2.13. The highest BCUT2D eigenvalue weighted by atomic mass is 16.5. The Morgan fingerprint density at radius 2 is 2.11 bits per heavy atom. The van der Waals surface area contributed by atoms with Crippen molar-refractivity contribution < 1.29 is 9.26 Å². The van der Waals surface area contributed by atoms with Crippen LogP contribution in [0.15, 0.2) is 21.6 Å². The van der Waals surface area contributed by atoms with Crippen LogP contribution in [0, 0.1) is 0 Å². The van der Waals surface area contributed by atoms with Gasteiger partial charge in [0.2, 0.25) is 5.43 Å². The molecule has 0 aliphatic heterocycles. The van der Waals surface area contributed by atoms with Crippen molar-refractivity contribution in [3.63, 3.8) is 0 Å². The average Bonchev–Trinajstić information content (AvgIpc) is 2.77. The van der Waals surface area contributed by atoms with Gasteiger partial charge in [-0.2, -0.15) is 4.98 Å². The van der Waals surface area contributed by atoms with E-state index >= 15 is 0 Å². The highest BCUT2D eigenvalue weighted by Crippen LogP contribution is 2.22. The summed E-state index contributed by atoms with van der Waals surface area (Å²) in [5, 5.41) is 3.90. The fraction of sp³-hybridized carbons (Fsp3) is 0.417. The van der Waals surface area contributed by atoms with Gasteiger partial charge in [0, 0.05) is 17.7 Å². The van der Waals surface area contributed by atoms with Crippen molar-refractivity contribution >= 4 is 0 Å². The zero-order valence-corrected chi connectivity index (χ0v) is 10.8. The topological polar surface area (TPSA) is 81.0 Å². The maximum Gasteiger partial charge on any atom is 0.274 e. The maximum atomic E-state index is 11.6. The number of rotatable bonds is 2. The van der Waals surface area contributed by atoms with E-state index in [-0.39, 0.29) is 16.6 Å². The smallest absolute Gasteiger partial charge is 0.274 e. The quantitative estimate of drug-likeness (QED) is 0.876. The molecule has 0 amide bonds. The van der Waals surface area contributed by atoms with Gasteiger partial charge in [-0.05, 0) is 0 Å². The lowest BCUT2D eigenvalue weighted by molar-refractivity contribution is 0.400. The first-order valence-corrected chi connectivity index (χ1v) is 5.53. The fourth-order valence-corrected chi connectivity index (χ4v) is 1.38. The van der Waals surface area contributed by atoms with E-state index in [0.29, 0.717) is 17.4 Å². The lowest BCUT2D eigenvalue weighted by atomic mass is 9.96. The van der Waals surface area contributed by atoms with Crippen molar-refractivity contribution in [2.24, 2.45) is 0 Å². The molecule has 0 bridgehead atoms. The molecule has 1 N–H and O–H groups in total. The molecule has 2 aromatic rings. The molecule has 0 unspecified atom stereocenters. The van der Waals surface area contributed by atoms with Crippen LogP contribution in [0.25, 0.3) is 11.6 Å². The molecule has 0 saturated heterocycles. The average molecular weight is 249 g/mol. The van der Waals surface area contributed by atoms with Crippen LogP contribution in [0.3, 0.4) is 0 Å². The summed E-state index contributed by atoms with van der Waals surface area (Å²) in [5.74, 6) is 1.13. The Morgan fingerprint density at radius 1 is 1.39 bits per heavy atom. The molecule has 6 heteroatoms. The van der Waals surface area contributed by atoms with Gasteiger partial charge in [-0.3, -0.25) is 4.79 Å². The van der Waals surface area contributed by atoms with Crippen LogP contribution in [0.5, 0.6) is 5.75 Å². The molecule has 0 spiro atoms. The monoisotopic (exact) mass is 249 g/mol. The van der Waals surface area contributed by atoms with Crippen molar-refractivity contribution in [3.8, 4) is 17.3 Å². The second-order valence-corrected chi connectivity index (χ2v) is 4.95. The summed E-state index contributed by atoms with van der Waals surface area (Å²) >= 11 is 0. The van der Waals surface area contributed by atoms with Gasteiger partial charge < -0.3 is 14.2 Å². The van der Waals surface area contributed by atoms with Crippen molar-refractivity contribution in [2.45, 2.75) is 26.2 Å². The van der Waals surface area contributed by atoms with Gasteiger partial charge in [0.1, 0.15) is 5.69 Å². The van der Waals surface area contributed by atoms with E-state index in [2.05, 4.69) is 15.1 Å². The molecule has 0 saturated carbocycles. The van der Waals surface area contributed by atoms with Gasteiger partial charge in [0.05, 0.1) is 7.11 Å². The first-order chi connectivity index (χ1) is 8.41. The van der Waals surface area contributed by atoms with E-state index in [1.54, 1.807) is 0 Å². The van der Waals surface area contributed by atoms with E-state index in [4.69, 9.17) is 9.26 Å². The van der Waals surface area contributed by atoms with Crippen LogP contribution in [-0.4, -0.2) is 22.2 Å². The minimum absolute atomic E-state index is 0.200. The molecule has 2 aromatic heterocycles. The number of pyridine rings is 1. The number of H-pyrrole nitrogens is 1. The molecule has 0 radical (unpaired) electrons. The Labute approximate surface area is 104 Å². The number of nitrogens with one attached hydrogen (secondary N) is 1. The standard InChI is InChI=1S/C12H15N3O3/c1-12(2,3)11-14-10(18-15-11)7-5-8(16)9(17-4)6-13-7/h5-6H,1-4H3,(H,13,16). The maximum absolute atomic E-state index is 11.6. The summed E-state index contributed by atoms with van der Waals surface area (Å²) in [6.45, 7) is 5.95. The summed E-state index contributed by atoms with van der Waals surface area (Å²) in [4.78, 5) is 18.8. The number of nitrogens with zero attached hydrogens (tertiary/aromatic N) is 2. The predicted octanol–water partition coefficient (Wildman–Crippen LogP) is 1.73. The Kier molecular flexibility index (Phi) is 2.94. The van der Waals surface area contributed by atoms with Crippen molar-refractivity contribution in [2.75, 3.05) is 7.11 Å². The molecule has 6 nitrogen and oxygen atoms in total. The Balaban J connectivity index is 2.41. The number of ether oxygens (including phenoxy) is 1. The van der Waals surface area contributed by atoms with E-state index in [1.807, 2.05) is 20.8 Å². The summed E-state index contributed by atoms with van der Waals surface area (Å²) in [7, 11) is 1.44. The second kappa shape index (κ2) is 4.29. The third kappa shape index (κ3) is 2.27. The Morgan fingerprint density at radius 3 is 2.61 bits per heavy atom. The van der Waals surface area contributed by atoms with Gasteiger partial charge in [0.25, 0.3) is 5.89 Å². The van der Waals surface area contributed by atoms with E-state index in [9.17, 15) is 4.79 Å². The largest absolute Gasteiger partial charge is 0.491 e. The second-order valence-electron chi connectivity index (χ2n) is 4.95. The number of hydrogen-bond acceptors (Lipinski definition) is 5. The SMILES string of the molecule is COc1c[nH]c(-c2nc(C(C)(C)C)no2)cc1=O. The molecule has 96 valence electrons. The predicted molar refractivity (Wildman–Crippen MR) is 65.6 cm³/mol. The van der Waals surface area contributed by atoms with Gasteiger partial charge >= 0.3 is 0 Å². The number of aromatic nitrogens is 3. The third-order valence-electron chi connectivity index (χ3n) is 2.42. The van der Waals surface area contributed by atoms with Gasteiger partial charge in [-0.25, -0.2) is 0 Å². The third-order valence-corrected chi connectivity index (χ3v) is 2.42. The number of methoxy groups -OCH3 is 1. The van der Waals surface area contributed by atoms with Crippen LogP contribution >= 0.6 is 0 Å². The minimum Gasteiger partial charge on any atom is -0.491 e. The van der Waals surface area contributed by atoms with Crippen LogP contribution in [0.1, 0.15) is 26.6 Å². The van der Waals surface area contributed by atoms with Crippen LogP contribution < -0.4 is 10.2 Å². The number of aromatic amines is 1. The molecule has 2 heterocycles. The molecule has 0 aliphatic rings. The molecule has 0 aromatic carbocycles. The Bertz CT molecular complexity index is 608. The Hall–Kier alpha value is -2.11. The van der Waals surface area contributed by atoms with E-state index in [1.165, 1.54) is 19.4 Å². The molecule has 18 heavy (non-hydrogen) atoms. The van der Waals surface area contributed by atoms with Crippen molar-refractivity contribution in [1.82, 2.24) is 15.1 Å². The molecular formula is C12H15N3O3. The number of hydrogen-bond donors (Lipinski definition) is 1. The molecule has 0 atom stereocenters. The van der Waals surface area contributed by atoms with E-state index < -0.39 is 0 Å². The van der Waals surface area contributed by atoms with E-state index in [0.717, 1.165) is 0 Å². The first kappa shape index (κ1) is 12.3. The normalized spacial score (nSPS) is 11.6. The summed E-state index contributed by atoms with van der Waals surface area (Å²) in [6.07, 6.45) is 1.47. The summed E-state index contributed by atoms with van der Waals surface area (Å²) in [5.41, 5.74) is 0.0414. The lowest BCUT2D eigenvalue weighted by Gasteiger charge is -2.10.